The third-order valence-corrected chi connectivity index (χ3v) is 3.39. The van der Waals surface area contributed by atoms with E-state index in [1.807, 2.05) is 0 Å². The number of piperidine rings is 1. The second-order valence-corrected chi connectivity index (χ2v) is 4.72. The molecule has 2 aromatic rings. The Balaban J connectivity index is 2.01. The SMILES string of the molecule is [2H]C1([2H])N(Cc2ccccc2)C([2H])([2H])[C@@]2([2H])c3ccccc3[C@]1([2H])C2([2H])[2H]. The summed E-state index contributed by atoms with van der Waals surface area (Å²) in [7, 11) is 0. The van der Waals surface area contributed by atoms with Gasteiger partial charge >= 0.3 is 0 Å². The first-order chi connectivity index (χ1) is 12.4. The Hall–Kier alpha value is -1.60. The molecule has 1 heteroatoms. The Bertz CT molecular complexity index is 848. The van der Waals surface area contributed by atoms with E-state index in [-0.39, 0.29) is 17.7 Å². The molecule has 0 N–H and O–H groups in total. The maximum Gasteiger partial charge on any atom is 0.0437 e. The van der Waals surface area contributed by atoms with Gasteiger partial charge in [0.25, 0.3) is 0 Å². The van der Waals surface area contributed by atoms with E-state index in [1.165, 1.54) is 12.1 Å². The molecule has 0 saturated carbocycles. The van der Waals surface area contributed by atoms with Gasteiger partial charge in [0.15, 0.2) is 0 Å². The van der Waals surface area contributed by atoms with Crippen molar-refractivity contribution in [2.24, 2.45) is 0 Å². The first-order valence-corrected chi connectivity index (χ1v) is 6.36. The number of likely N-dealkylation sites (tertiary alicyclic amines) is 1. The number of benzene rings is 2. The van der Waals surface area contributed by atoms with Gasteiger partial charge in [-0.3, -0.25) is 4.90 Å². The molecule has 2 aliphatic rings. The average molecular weight is 257 g/mol. The van der Waals surface area contributed by atoms with Gasteiger partial charge in [-0.05, 0) is 34.9 Å². The predicted molar refractivity (Wildman–Crippen MR) is 78.3 cm³/mol. The van der Waals surface area contributed by atoms with Gasteiger partial charge in [0.2, 0.25) is 0 Å². The van der Waals surface area contributed by atoms with Crippen molar-refractivity contribution in [2.45, 2.75) is 24.7 Å². The zero-order valence-corrected chi connectivity index (χ0v) is 10.4. The van der Waals surface area contributed by atoms with Gasteiger partial charge in [0, 0.05) is 30.5 Å². The van der Waals surface area contributed by atoms with E-state index in [9.17, 15) is 0 Å². The van der Waals surface area contributed by atoms with E-state index in [0.717, 1.165) is 4.90 Å². The van der Waals surface area contributed by atoms with Crippen molar-refractivity contribution in [3.63, 3.8) is 0 Å². The van der Waals surface area contributed by atoms with Crippen LogP contribution in [0.15, 0.2) is 54.6 Å². The maximum atomic E-state index is 8.92. The van der Waals surface area contributed by atoms with Crippen LogP contribution in [-0.2, 0) is 6.54 Å². The highest BCUT2D eigenvalue weighted by atomic mass is 15.1. The van der Waals surface area contributed by atoms with Crippen molar-refractivity contribution in [1.29, 1.82) is 0 Å². The van der Waals surface area contributed by atoms with Gasteiger partial charge in [-0.15, -0.1) is 0 Å². The Morgan fingerprint density at radius 2 is 1.53 bits per heavy atom. The van der Waals surface area contributed by atoms with Crippen molar-refractivity contribution in [2.75, 3.05) is 13.0 Å². The highest BCUT2D eigenvalue weighted by Gasteiger charge is 2.36. The second kappa shape index (κ2) is 4.50. The van der Waals surface area contributed by atoms with E-state index in [2.05, 4.69) is 0 Å². The molecule has 0 amide bonds. The molecule has 19 heavy (non-hydrogen) atoms. The number of rotatable bonds is 2. The molecule has 1 fully saturated rings. The molecule has 1 heterocycles. The van der Waals surface area contributed by atoms with E-state index in [0.29, 0.717) is 5.56 Å². The number of nitrogens with zero attached hydrogens (tertiary/aromatic N) is 1. The van der Waals surface area contributed by atoms with Gasteiger partial charge in [0.1, 0.15) is 0 Å². The highest BCUT2D eigenvalue weighted by molar-refractivity contribution is 5.40. The molecule has 4 rings (SSSR count). The minimum atomic E-state index is -2.77. The highest BCUT2D eigenvalue weighted by Crippen LogP contribution is 2.45. The Labute approximate surface area is 126 Å². The third-order valence-electron chi connectivity index (χ3n) is 3.39. The van der Waals surface area contributed by atoms with Crippen LogP contribution in [0.3, 0.4) is 0 Å². The monoisotopic (exact) mass is 257 g/mol. The molecule has 0 radical (unpaired) electrons. The summed E-state index contributed by atoms with van der Waals surface area (Å²) in [5.74, 6) is -4.89. The Kier molecular flexibility index (Phi) is 1.37. The molecule has 1 saturated heterocycles. The molecule has 1 aliphatic heterocycles. The summed E-state index contributed by atoms with van der Waals surface area (Å²) in [6.07, 6.45) is -2.77. The predicted octanol–water partition coefficient (Wildman–Crippen LogP) is 3.77. The molecule has 2 atom stereocenters. The second-order valence-electron chi connectivity index (χ2n) is 4.72. The third kappa shape index (κ3) is 1.98. The van der Waals surface area contributed by atoms with Crippen LogP contribution in [-0.4, -0.2) is 17.9 Å². The lowest BCUT2D eigenvalue weighted by atomic mass is 9.95. The summed E-state index contributed by atoms with van der Waals surface area (Å²) >= 11 is 0. The smallest absolute Gasteiger partial charge is 0.0437 e. The van der Waals surface area contributed by atoms with Crippen LogP contribution in [0.2, 0.25) is 0 Å². The first-order valence-electron chi connectivity index (χ1n) is 10.4. The minimum Gasteiger partial charge on any atom is -0.298 e. The molecule has 0 aromatic heterocycles. The zero-order valence-electron chi connectivity index (χ0n) is 18.4. The van der Waals surface area contributed by atoms with Crippen LogP contribution in [0.5, 0.6) is 0 Å². The fraction of sp³-hybridized carbons (Fsp3) is 0.333. The average Bonchev–Trinajstić information content (AvgIpc) is 2.76. The normalized spacial score (nSPS) is 47.2. The van der Waals surface area contributed by atoms with Crippen LogP contribution in [0.4, 0.5) is 0 Å². The first kappa shape index (κ1) is 5.80. The summed E-state index contributed by atoms with van der Waals surface area (Å²) < 4.78 is 69.7. The summed E-state index contributed by atoms with van der Waals surface area (Å²) in [5, 5.41) is 0. The van der Waals surface area contributed by atoms with Crippen LogP contribution >= 0.6 is 0 Å². The van der Waals surface area contributed by atoms with E-state index >= 15 is 0 Å². The Morgan fingerprint density at radius 3 is 2.16 bits per heavy atom. The maximum absolute atomic E-state index is 8.92. The summed E-state index contributed by atoms with van der Waals surface area (Å²) in [4.78, 5) is 0.844. The van der Waals surface area contributed by atoms with Crippen molar-refractivity contribution in [3.8, 4) is 0 Å². The van der Waals surface area contributed by atoms with Crippen molar-refractivity contribution in [3.05, 3.63) is 71.3 Å². The fourth-order valence-corrected chi connectivity index (χ4v) is 2.50. The van der Waals surface area contributed by atoms with Crippen molar-refractivity contribution < 1.29 is 11.0 Å². The summed E-state index contributed by atoms with van der Waals surface area (Å²) in [5.41, 5.74) is 0.701. The van der Waals surface area contributed by atoms with E-state index < -0.39 is 31.2 Å². The molecule has 1 nitrogen and oxygen atoms in total. The molecule has 0 spiro atoms. The van der Waals surface area contributed by atoms with Gasteiger partial charge < -0.3 is 0 Å². The lowest BCUT2D eigenvalue weighted by Gasteiger charge is -2.32. The van der Waals surface area contributed by atoms with E-state index in [1.54, 1.807) is 42.5 Å². The van der Waals surface area contributed by atoms with Crippen molar-refractivity contribution >= 4 is 0 Å². The summed E-state index contributed by atoms with van der Waals surface area (Å²) in [6, 6.07) is 14.8. The molecule has 2 bridgehead atoms. The number of fused-ring (bicyclic) bond motifs is 5. The standard InChI is InChI=1S/C18H19N/c1-2-6-14(7-3-1)11-19-12-15-10-16(13-19)18-9-5-4-8-17(15)18/h1-9,15-16H,10-13H2/t15-,16+/i10D2,12D2,13D2,15D,16D. The molecule has 0 unspecified atom stereocenters. The minimum absolute atomic E-state index is 0.0365. The van der Waals surface area contributed by atoms with Gasteiger partial charge in [-0.25, -0.2) is 0 Å². The van der Waals surface area contributed by atoms with Gasteiger partial charge in [-0.1, -0.05) is 54.6 Å². The Morgan fingerprint density at radius 1 is 0.947 bits per heavy atom. The number of hydrogen-bond acceptors (Lipinski definition) is 1. The van der Waals surface area contributed by atoms with Gasteiger partial charge in [-0.2, -0.15) is 0 Å². The van der Waals surface area contributed by atoms with Gasteiger partial charge in [0.05, 0.1) is 0 Å². The molecular formula is C18H19N. The summed E-state index contributed by atoms with van der Waals surface area (Å²) in [6.45, 7) is -5.55. The zero-order chi connectivity index (χ0) is 19.9. The molecular weight excluding hydrogens is 230 g/mol. The topological polar surface area (TPSA) is 3.24 Å². The van der Waals surface area contributed by atoms with Crippen LogP contribution < -0.4 is 0 Å². The lowest BCUT2D eigenvalue weighted by molar-refractivity contribution is 0.195. The molecule has 1 aliphatic carbocycles. The lowest BCUT2D eigenvalue weighted by Crippen LogP contribution is -2.34. The van der Waals surface area contributed by atoms with Crippen LogP contribution in [0.25, 0.3) is 0 Å². The fourth-order valence-electron chi connectivity index (χ4n) is 2.50. The van der Waals surface area contributed by atoms with Crippen LogP contribution in [0.1, 0.15) is 45.8 Å². The number of hydrogen-bond donors (Lipinski definition) is 0. The van der Waals surface area contributed by atoms with Crippen LogP contribution in [0, 0.1) is 0 Å². The molecule has 96 valence electrons. The quantitative estimate of drug-likeness (QED) is 0.791. The largest absolute Gasteiger partial charge is 0.298 e. The molecule has 2 aromatic carbocycles. The van der Waals surface area contributed by atoms with Crippen molar-refractivity contribution in [1.82, 2.24) is 4.90 Å². The van der Waals surface area contributed by atoms with E-state index in [4.69, 9.17) is 11.0 Å².